The van der Waals surface area contributed by atoms with Crippen LogP contribution in [0.3, 0.4) is 0 Å². The number of rotatable bonds is 7. The van der Waals surface area contributed by atoms with Crippen molar-refractivity contribution in [3.8, 4) is 0 Å². The number of H-pyrrole nitrogens is 1. The number of hydrogen-bond acceptors (Lipinski definition) is 3. The highest BCUT2D eigenvalue weighted by Gasteiger charge is 2.15. The summed E-state index contributed by atoms with van der Waals surface area (Å²) in [6.45, 7) is 4.75. The van der Waals surface area contributed by atoms with Crippen LogP contribution in [0, 0.1) is 5.92 Å². The van der Waals surface area contributed by atoms with E-state index in [9.17, 15) is 9.90 Å². The molecule has 1 aromatic rings. The number of aliphatic hydroxyl groups is 1. The first kappa shape index (κ1) is 14.5. The van der Waals surface area contributed by atoms with Gasteiger partial charge in [-0.2, -0.15) is 5.10 Å². The van der Waals surface area contributed by atoms with Crippen molar-refractivity contribution in [3.63, 3.8) is 0 Å². The number of nitrogens with one attached hydrogen (secondary N) is 3. The summed E-state index contributed by atoms with van der Waals surface area (Å²) < 4.78 is 0. The van der Waals surface area contributed by atoms with Crippen LogP contribution in [0.1, 0.15) is 32.4 Å². The van der Waals surface area contributed by atoms with Crippen LogP contribution < -0.4 is 10.6 Å². The molecule has 0 spiro atoms. The average molecular weight is 254 g/mol. The summed E-state index contributed by atoms with van der Waals surface area (Å²) in [6.07, 6.45) is 2.97. The average Bonchev–Trinajstić information content (AvgIpc) is 2.88. The Morgan fingerprint density at radius 2 is 2.17 bits per heavy atom. The van der Waals surface area contributed by atoms with Gasteiger partial charge in [0.05, 0.1) is 18.3 Å². The Morgan fingerprint density at radius 3 is 2.72 bits per heavy atom. The summed E-state index contributed by atoms with van der Waals surface area (Å²) >= 11 is 0. The van der Waals surface area contributed by atoms with E-state index in [1.54, 1.807) is 12.3 Å². The van der Waals surface area contributed by atoms with Crippen molar-refractivity contribution in [2.45, 2.75) is 39.3 Å². The molecule has 0 fully saturated rings. The molecular formula is C12H22N4O2. The lowest BCUT2D eigenvalue weighted by Gasteiger charge is -2.20. The van der Waals surface area contributed by atoms with E-state index in [0.29, 0.717) is 6.54 Å². The number of amides is 2. The van der Waals surface area contributed by atoms with Crippen LogP contribution in [0.25, 0.3) is 0 Å². The fourth-order valence-electron chi connectivity index (χ4n) is 1.82. The first-order valence-electron chi connectivity index (χ1n) is 6.35. The Bertz CT molecular complexity index is 336. The van der Waals surface area contributed by atoms with Crippen LogP contribution in [-0.4, -0.2) is 34.0 Å². The summed E-state index contributed by atoms with van der Waals surface area (Å²) in [4.78, 5) is 11.5. The van der Waals surface area contributed by atoms with Gasteiger partial charge in [0, 0.05) is 12.7 Å². The number of nitrogens with zero attached hydrogens (tertiary/aromatic N) is 1. The zero-order valence-corrected chi connectivity index (χ0v) is 10.9. The Balaban J connectivity index is 2.20. The summed E-state index contributed by atoms with van der Waals surface area (Å²) in [5.74, 6) is 0.234. The van der Waals surface area contributed by atoms with Gasteiger partial charge < -0.3 is 15.7 Å². The lowest BCUT2D eigenvalue weighted by atomic mass is 9.97. The second kappa shape index (κ2) is 7.71. The topological polar surface area (TPSA) is 90.0 Å². The molecule has 1 unspecified atom stereocenters. The molecule has 0 aliphatic rings. The van der Waals surface area contributed by atoms with Crippen LogP contribution in [0.5, 0.6) is 0 Å². The molecule has 0 aromatic carbocycles. The maximum atomic E-state index is 11.5. The number of carbonyl (C=O) groups is 1. The molecule has 1 aromatic heterocycles. The van der Waals surface area contributed by atoms with E-state index in [1.807, 2.05) is 13.8 Å². The summed E-state index contributed by atoms with van der Waals surface area (Å²) in [5.41, 5.74) is 0.839. The van der Waals surface area contributed by atoms with E-state index in [0.717, 1.165) is 18.5 Å². The van der Waals surface area contributed by atoms with Crippen LogP contribution in [-0.2, 0) is 6.54 Å². The van der Waals surface area contributed by atoms with Gasteiger partial charge in [0.1, 0.15) is 0 Å². The number of carbonyl (C=O) groups excluding carboxylic acids is 1. The molecule has 0 saturated heterocycles. The predicted molar refractivity (Wildman–Crippen MR) is 68.9 cm³/mol. The second-order valence-corrected chi connectivity index (χ2v) is 4.29. The number of aromatic nitrogens is 2. The monoisotopic (exact) mass is 254 g/mol. The van der Waals surface area contributed by atoms with Crippen LogP contribution in [0.15, 0.2) is 12.3 Å². The van der Waals surface area contributed by atoms with Gasteiger partial charge in [-0.15, -0.1) is 0 Å². The van der Waals surface area contributed by atoms with Gasteiger partial charge in [-0.3, -0.25) is 5.10 Å². The predicted octanol–water partition coefficient (Wildman–Crippen LogP) is 1.01. The minimum absolute atomic E-state index is 0.234. The summed E-state index contributed by atoms with van der Waals surface area (Å²) in [7, 11) is 0. The second-order valence-electron chi connectivity index (χ2n) is 4.29. The lowest BCUT2D eigenvalue weighted by molar-refractivity contribution is 0.103. The van der Waals surface area contributed by atoms with E-state index < -0.39 is 6.10 Å². The molecule has 1 rings (SSSR count). The molecule has 6 nitrogen and oxygen atoms in total. The highest BCUT2D eigenvalue weighted by atomic mass is 16.3. The van der Waals surface area contributed by atoms with Crippen LogP contribution in [0.4, 0.5) is 4.79 Å². The molecule has 6 heteroatoms. The Hall–Kier alpha value is -1.56. The molecule has 1 atom stereocenters. The minimum atomic E-state index is -0.488. The van der Waals surface area contributed by atoms with Crippen molar-refractivity contribution in [3.05, 3.63) is 18.0 Å². The quantitative estimate of drug-likeness (QED) is 0.585. The molecule has 0 bridgehead atoms. The number of urea groups is 1. The first-order valence-corrected chi connectivity index (χ1v) is 6.35. The maximum absolute atomic E-state index is 11.5. The van der Waals surface area contributed by atoms with E-state index in [1.165, 1.54) is 0 Å². The molecule has 1 heterocycles. The number of aliphatic hydroxyl groups excluding tert-OH is 1. The normalized spacial score (nSPS) is 12.4. The van der Waals surface area contributed by atoms with E-state index >= 15 is 0 Å². The number of hydrogen-bond donors (Lipinski definition) is 4. The van der Waals surface area contributed by atoms with Crippen molar-refractivity contribution in [1.82, 2.24) is 20.8 Å². The molecule has 0 saturated carbocycles. The minimum Gasteiger partial charge on any atom is -0.391 e. The van der Waals surface area contributed by atoms with Crippen molar-refractivity contribution in [2.24, 2.45) is 5.92 Å². The van der Waals surface area contributed by atoms with Gasteiger partial charge in [0.2, 0.25) is 0 Å². The van der Waals surface area contributed by atoms with Gasteiger partial charge in [0.15, 0.2) is 0 Å². The zero-order chi connectivity index (χ0) is 13.4. The number of aromatic amines is 1. The summed E-state index contributed by atoms with van der Waals surface area (Å²) in [6, 6.07) is 1.51. The third-order valence-electron chi connectivity index (χ3n) is 3.06. The molecule has 0 aliphatic heterocycles. The Morgan fingerprint density at radius 1 is 1.44 bits per heavy atom. The SMILES string of the molecule is CCC(CC)C(O)CNC(=O)NCc1ccn[nH]1. The zero-order valence-electron chi connectivity index (χ0n) is 10.9. The van der Waals surface area contributed by atoms with Crippen molar-refractivity contribution in [1.29, 1.82) is 0 Å². The standard InChI is InChI=1S/C12H22N4O2/c1-3-9(4-2)11(17)8-14-12(18)13-7-10-5-6-15-16-10/h5-6,9,11,17H,3-4,7-8H2,1-2H3,(H,15,16)(H2,13,14,18). The van der Waals surface area contributed by atoms with E-state index in [-0.39, 0.29) is 18.5 Å². The third kappa shape index (κ3) is 4.75. The highest BCUT2D eigenvalue weighted by molar-refractivity contribution is 5.73. The van der Waals surface area contributed by atoms with Gasteiger partial charge >= 0.3 is 6.03 Å². The van der Waals surface area contributed by atoms with Gasteiger partial charge in [-0.25, -0.2) is 4.79 Å². The van der Waals surface area contributed by atoms with Crippen LogP contribution in [0.2, 0.25) is 0 Å². The maximum Gasteiger partial charge on any atom is 0.315 e. The van der Waals surface area contributed by atoms with Crippen molar-refractivity contribution >= 4 is 6.03 Å². The lowest BCUT2D eigenvalue weighted by Crippen LogP contribution is -2.41. The van der Waals surface area contributed by atoms with Crippen molar-refractivity contribution in [2.75, 3.05) is 6.54 Å². The van der Waals surface area contributed by atoms with E-state index in [4.69, 9.17) is 0 Å². The first-order chi connectivity index (χ1) is 8.67. The molecular weight excluding hydrogens is 232 g/mol. The molecule has 0 aliphatic carbocycles. The smallest absolute Gasteiger partial charge is 0.315 e. The molecule has 0 radical (unpaired) electrons. The molecule has 4 N–H and O–H groups in total. The Labute approximate surface area is 107 Å². The van der Waals surface area contributed by atoms with Gasteiger partial charge in [-0.1, -0.05) is 26.7 Å². The van der Waals surface area contributed by atoms with Crippen LogP contribution >= 0.6 is 0 Å². The largest absolute Gasteiger partial charge is 0.391 e. The highest BCUT2D eigenvalue weighted by Crippen LogP contribution is 2.11. The van der Waals surface area contributed by atoms with Gasteiger partial charge in [0.25, 0.3) is 0 Å². The van der Waals surface area contributed by atoms with Crippen molar-refractivity contribution < 1.29 is 9.90 Å². The van der Waals surface area contributed by atoms with Gasteiger partial charge in [-0.05, 0) is 12.0 Å². The molecule has 102 valence electrons. The molecule has 18 heavy (non-hydrogen) atoms. The Kier molecular flexibility index (Phi) is 6.21. The van der Waals surface area contributed by atoms with E-state index in [2.05, 4.69) is 20.8 Å². The third-order valence-corrected chi connectivity index (χ3v) is 3.06. The fraction of sp³-hybridized carbons (Fsp3) is 0.667. The summed E-state index contributed by atoms with van der Waals surface area (Å²) in [5, 5.41) is 21.7. The fourth-order valence-corrected chi connectivity index (χ4v) is 1.82. The molecule has 2 amide bonds.